The molecule has 0 saturated carbocycles. The standard InChI is InChI=1S/C13H14N2O3/c1-4-16-12-3-2-11(6-13(12)17-5-1)14-7-10-8-15-18-9-10/h2-3,6,8-9,14H,1,4-5,7H2. The van der Waals surface area contributed by atoms with Crippen LogP contribution in [-0.4, -0.2) is 18.4 Å². The smallest absolute Gasteiger partial charge is 0.163 e. The predicted molar refractivity (Wildman–Crippen MR) is 65.9 cm³/mol. The fourth-order valence-electron chi connectivity index (χ4n) is 1.79. The number of hydrogen-bond donors (Lipinski definition) is 1. The Morgan fingerprint density at radius 2 is 2.06 bits per heavy atom. The number of rotatable bonds is 3. The highest BCUT2D eigenvalue weighted by molar-refractivity contribution is 5.55. The van der Waals surface area contributed by atoms with Crippen molar-refractivity contribution in [3.8, 4) is 11.5 Å². The first-order chi connectivity index (χ1) is 8.92. The first-order valence-electron chi connectivity index (χ1n) is 5.93. The van der Waals surface area contributed by atoms with Crippen LogP contribution in [0, 0.1) is 0 Å². The first-order valence-corrected chi connectivity index (χ1v) is 5.93. The van der Waals surface area contributed by atoms with E-state index in [0.29, 0.717) is 19.8 Å². The summed E-state index contributed by atoms with van der Waals surface area (Å²) in [6.07, 6.45) is 4.23. The van der Waals surface area contributed by atoms with E-state index in [4.69, 9.17) is 14.0 Å². The Morgan fingerprint density at radius 1 is 1.17 bits per heavy atom. The van der Waals surface area contributed by atoms with Gasteiger partial charge in [0.15, 0.2) is 11.5 Å². The topological polar surface area (TPSA) is 56.5 Å². The van der Waals surface area contributed by atoms with E-state index in [1.54, 1.807) is 12.5 Å². The van der Waals surface area contributed by atoms with E-state index in [9.17, 15) is 0 Å². The molecule has 0 aliphatic carbocycles. The van der Waals surface area contributed by atoms with E-state index in [1.165, 1.54) is 0 Å². The Morgan fingerprint density at radius 3 is 2.89 bits per heavy atom. The quantitative estimate of drug-likeness (QED) is 0.901. The molecule has 2 heterocycles. The van der Waals surface area contributed by atoms with Crippen molar-refractivity contribution in [1.29, 1.82) is 0 Å². The van der Waals surface area contributed by atoms with Crippen molar-refractivity contribution in [2.75, 3.05) is 18.5 Å². The van der Waals surface area contributed by atoms with Crippen LogP contribution in [0.15, 0.2) is 35.2 Å². The van der Waals surface area contributed by atoms with Crippen molar-refractivity contribution in [3.63, 3.8) is 0 Å². The molecule has 0 spiro atoms. The van der Waals surface area contributed by atoms with Gasteiger partial charge >= 0.3 is 0 Å². The highest BCUT2D eigenvalue weighted by Crippen LogP contribution is 2.32. The number of hydrogen-bond acceptors (Lipinski definition) is 5. The molecule has 1 aliphatic rings. The highest BCUT2D eigenvalue weighted by atomic mass is 16.5. The lowest BCUT2D eigenvalue weighted by atomic mass is 10.2. The molecule has 1 N–H and O–H groups in total. The van der Waals surface area contributed by atoms with Crippen molar-refractivity contribution in [2.45, 2.75) is 13.0 Å². The lowest BCUT2D eigenvalue weighted by Gasteiger charge is -2.10. The second kappa shape index (κ2) is 5.00. The molecule has 0 bridgehead atoms. The van der Waals surface area contributed by atoms with E-state index in [-0.39, 0.29) is 0 Å². The molecule has 2 aromatic rings. The molecule has 0 unspecified atom stereocenters. The second-order valence-electron chi connectivity index (χ2n) is 4.10. The molecule has 1 aromatic carbocycles. The second-order valence-corrected chi connectivity index (χ2v) is 4.10. The number of nitrogens with zero attached hydrogens (tertiary/aromatic N) is 1. The summed E-state index contributed by atoms with van der Waals surface area (Å²) in [6.45, 7) is 2.08. The Kier molecular flexibility index (Phi) is 3.04. The lowest BCUT2D eigenvalue weighted by Crippen LogP contribution is -1.99. The molecule has 0 fully saturated rings. The van der Waals surface area contributed by atoms with Crippen molar-refractivity contribution in [3.05, 3.63) is 36.2 Å². The van der Waals surface area contributed by atoms with Gasteiger partial charge in [0.2, 0.25) is 0 Å². The number of aromatic nitrogens is 1. The van der Waals surface area contributed by atoms with E-state index < -0.39 is 0 Å². The van der Waals surface area contributed by atoms with Crippen LogP contribution in [0.5, 0.6) is 11.5 Å². The van der Waals surface area contributed by atoms with Crippen molar-refractivity contribution >= 4 is 5.69 Å². The molecular formula is C13H14N2O3. The summed E-state index contributed by atoms with van der Waals surface area (Å²) in [4.78, 5) is 0. The van der Waals surface area contributed by atoms with E-state index in [0.717, 1.165) is 29.2 Å². The summed E-state index contributed by atoms with van der Waals surface area (Å²) in [6, 6.07) is 5.85. The lowest BCUT2D eigenvalue weighted by molar-refractivity contribution is 0.297. The van der Waals surface area contributed by atoms with Gasteiger partial charge in [-0.05, 0) is 12.1 Å². The summed E-state index contributed by atoms with van der Waals surface area (Å²) in [5, 5.41) is 6.94. The summed E-state index contributed by atoms with van der Waals surface area (Å²) in [5.41, 5.74) is 1.99. The third-order valence-electron chi connectivity index (χ3n) is 2.73. The van der Waals surface area contributed by atoms with Gasteiger partial charge in [-0.3, -0.25) is 0 Å². The molecule has 0 atom stereocenters. The average Bonchev–Trinajstić information content (AvgIpc) is 2.80. The fraction of sp³-hybridized carbons (Fsp3) is 0.308. The largest absolute Gasteiger partial charge is 0.490 e. The van der Waals surface area contributed by atoms with Gasteiger partial charge in [-0.2, -0.15) is 0 Å². The van der Waals surface area contributed by atoms with Gasteiger partial charge in [0.25, 0.3) is 0 Å². The molecule has 5 nitrogen and oxygen atoms in total. The van der Waals surface area contributed by atoms with Crippen LogP contribution < -0.4 is 14.8 Å². The summed E-state index contributed by atoms with van der Waals surface area (Å²) in [7, 11) is 0. The first kappa shape index (κ1) is 11.0. The molecule has 0 amide bonds. The Hall–Kier alpha value is -2.17. The van der Waals surface area contributed by atoms with Crippen LogP contribution in [0.4, 0.5) is 5.69 Å². The van der Waals surface area contributed by atoms with E-state index in [2.05, 4.69) is 10.5 Å². The van der Waals surface area contributed by atoms with Gasteiger partial charge in [-0.15, -0.1) is 0 Å². The van der Waals surface area contributed by atoms with Crippen LogP contribution in [-0.2, 0) is 6.54 Å². The number of ether oxygens (including phenoxy) is 2. The van der Waals surface area contributed by atoms with Crippen LogP contribution in [0.1, 0.15) is 12.0 Å². The van der Waals surface area contributed by atoms with E-state index in [1.807, 2.05) is 18.2 Å². The van der Waals surface area contributed by atoms with Gasteiger partial charge in [0, 0.05) is 30.3 Å². The van der Waals surface area contributed by atoms with Crippen molar-refractivity contribution in [1.82, 2.24) is 5.16 Å². The van der Waals surface area contributed by atoms with Gasteiger partial charge in [-0.25, -0.2) is 0 Å². The number of nitrogens with one attached hydrogen (secondary N) is 1. The molecule has 5 heteroatoms. The zero-order valence-electron chi connectivity index (χ0n) is 9.89. The summed E-state index contributed by atoms with van der Waals surface area (Å²) < 4.78 is 16.0. The zero-order valence-corrected chi connectivity index (χ0v) is 9.89. The fourth-order valence-corrected chi connectivity index (χ4v) is 1.79. The van der Waals surface area contributed by atoms with Crippen LogP contribution in [0.3, 0.4) is 0 Å². The van der Waals surface area contributed by atoms with Crippen LogP contribution >= 0.6 is 0 Å². The number of fused-ring (bicyclic) bond motifs is 1. The monoisotopic (exact) mass is 246 g/mol. The maximum Gasteiger partial charge on any atom is 0.163 e. The molecule has 18 heavy (non-hydrogen) atoms. The third-order valence-corrected chi connectivity index (χ3v) is 2.73. The molecule has 1 aromatic heterocycles. The third kappa shape index (κ3) is 2.40. The summed E-state index contributed by atoms with van der Waals surface area (Å²) in [5.74, 6) is 1.60. The van der Waals surface area contributed by atoms with Gasteiger partial charge in [0.05, 0.1) is 19.4 Å². The maximum atomic E-state index is 5.63. The minimum absolute atomic E-state index is 0.670. The van der Waals surface area contributed by atoms with Crippen molar-refractivity contribution in [2.24, 2.45) is 0 Å². The van der Waals surface area contributed by atoms with Gasteiger partial charge in [-0.1, -0.05) is 5.16 Å². The minimum Gasteiger partial charge on any atom is -0.490 e. The Bertz CT molecular complexity index is 511. The average molecular weight is 246 g/mol. The molecule has 1 aliphatic heterocycles. The molecular weight excluding hydrogens is 232 g/mol. The molecule has 0 radical (unpaired) electrons. The SMILES string of the molecule is c1nocc1CNc1ccc2c(c1)OCCCO2. The van der Waals surface area contributed by atoms with Gasteiger partial charge in [0.1, 0.15) is 6.26 Å². The molecule has 0 saturated heterocycles. The number of benzene rings is 1. The predicted octanol–water partition coefficient (Wildman–Crippen LogP) is 2.45. The maximum absolute atomic E-state index is 5.63. The van der Waals surface area contributed by atoms with Crippen LogP contribution in [0.25, 0.3) is 0 Å². The zero-order chi connectivity index (χ0) is 12.2. The van der Waals surface area contributed by atoms with Gasteiger partial charge < -0.3 is 19.3 Å². The number of anilines is 1. The molecule has 3 rings (SSSR count). The Labute approximate surface area is 105 Å². The highest BCUT2D eigenvalue weighted by Gasteiger charge is 2.10. The summed E-state index contributed by atoms with van der Waals surface area (Å²) >= 11 is 0. The molecule has 94 valence electrons. The van der Waals surface area contributed by atoms with Crippen molar-refractivity contribution < 1.29 is 14.0 Å². The van der Waals surface area contributed by atoms with E-state index >= 15 is 0 Å². The van der Waals surface area contributed by atoms with Crippen LogP contribution in [0.2, 0.25) is 0 Å². The minimum atomic E-state index is 0.670. The Balaban J connectivity index is 1.71. The normalized spacial score (nSPS) is 14.0.